The summed E-state index contributed by atoms with van der Waals surface area (Å²) in [4.78, 5) is 22.6. The van der Waals surface area contributed by atoms with E-state index in [9.17, 15) is 9.90 Å². The normalized spacial score (nSPS) is 23.0. The summed E-state index contributed by atoms with van der Waals surface area (Å²) in [5.41, 5.74) is 1.76. The van der Waals surface area contributed by atoms with Gasteiger partial charge in [0, 0.05) is 39.7 Å². The summed E-state index contributed by atoms with van der Waals surface area (Å²) in [5.74, 6) is 1.89. The number of H-pyrrole nitrogens is 1. The second-order valence-electron chi connectivity index (χ2n) is 8.01. The number of nitrogens with zero attached hydrogens (tertiary/aromatic N) is 4. The first kappa shape index (κ1) is 19.1. The van der Waals surface area contributed by atoms with Gasteiger partial charge in [0.05, 0.1) is 5.52 Å². The minimum absolute atomic E-state index is 0.0676. The number of carbonyl (C=O) groups is 1. The lowest BCUT2D eigenvalue weighted by Crippen LogP contribution is -2.49. The summed E-state index contributed by atoms with van der Waals surface area (Å²) in [7, 11) is 0. The van der Waals surface area contributed by atoms with E-state index in [-0.39, 0.29) is 18.1 Å². The molecule has 0 aliphatic carbocycles. The van der Waals surface area contributed by atoms with Crippen molar-refractivity contribution in [3.63, 3.8) is 0 Å². The molecule has 156 valence electrons. The number of rotatable bonds is 4. The van der Waals surface area contributed by atoms with Crippen molar-refractivity contribution in [3.05, 3.63) is 34.4 Å². The quantitative estimate of drug-likeness (QED) is 0.448. The molecule has 4 heterocycles. The Morgan fingerprint density at radius 3 is 2.67 bits per heavy atom. The highest BCUT2D eigenvalue weighted by Gasteiger charge is 2.43. The summed E-state index contributed by atoms with van der Waals surface area (Å²) >= 11 is 3.51. The van der Waals surface area contributed by atoms with Crippen LogP contribution in [0.25, 0.3) is 10.9 Å². The fraction of sp³-hybridized carbons (Fsp3) is 0.400. The van der Waals surface area contributed by atoms with E-state index in [1.807, 2.05) is 31.2 Å². The second kappa shape index (κ2) is 7.42. The van der Waals surface area contributed by atoms with Crippen LogP contribution in [-0.4, -0.2) is 54.4 Å². The van der Waals surface area contributed by atoms with Gasteiger partial charge in [0.25, 0.3) is 0 Å². The Bertz CT molecular complexity index is 1100. The molecule has 9 nitrogen and oxygen atoms in total. The molecular formula is C20H22BrN7O2. The van der Waals surface area contributed by atoms with E-state index < -0.39 is 6.09 Å². The second-order valence-corrected chi connectivity index (χ2v) is 8.92. The Hall–Kier alpha value is -2.88. The number of aromatic nitrogens is 4. The van der Waals surface area contributed by atoms with E-state index in [1.165, 1.54) is 0 Å². The van der Waals surface area contributed by atoms with Crippen molar-refractivity contribution in [2.45, 2.75) is 50.7 Å². The molecule has 30 heavy (non-hydrogen) atoms. The van der Waals surface area contributed by atoms with Gasteiger partial charge in [0.2, 0.25) is 5.95 Å². The third-order valence-electron chi connectivity index (χ3n) is 5.90. The fourth-order valence-corrected chi connectivity index (χ4v) is 5.00. The Labute approximate surface area is 181 Å². The van der Waals surface area contributed by atoms with Gasteiger partial charge < -0.3 is 20.6 Å². The number of aromatic amines is 1. The molecule has 2 atom stereocenters. The molecule has 10 heteroatoms. The summed E-state index contributed by atoms with van der Waals surface area (Å²) in [5, 5.41) is 24.3. The van der Waals surface area contributed by atoms with E-state index in [2.05, 4.69) is 36.8 Å². The minimum atomic E-state index is -0.812. The molecular weight excluding hydrogens is 450 g/mol. The van der Waals surface area contributed by atoms with E-state index >= 15 is 0 Å². The lowest BCUT2D eigenvalue weighted by atomic mass is 9.98. The highest BCUT2D eigenvalue weighted by molar-refractivity contribution is 9.10. The van der Waals surface area contributed by atoms with Crippen LogP contribution in [0.15, 0.2) is 28.7 Å². The van der Waals surface area contributed by atoms with E-state index in [0.29, 0.717) is 17.6 Å². The number of piperidine rings is 1. The Morgan fingerprint density at radius 1 is 1.23 bits per heavy atom. The zero-order valence-corrected chi connectivity index (χ0v) is 18.0. The third-order valence-corrected chi connectivity index (χ3v) is 6.39. The smallest absolute Gasteiger partial charge is 0.407 e. The van der Waals surface area contributed by atoms with Crippen molar-refractivity contribution in [3.8, 4) is 0 Å². The van der Waals surface area contributed by atoms with Gasteiger partial charge in [0.1, 0.15) is 5.82 Å². The molecule has 5 rings (SSSR count). The van der Waals surface area contributed by atoms with Crippen LogP contribution in [0.5, 0.6) is 0 Å². The van der Waals surface area contributed by atoms with Crippen molar-refractivity contribution in [1.29, 1.82) is 0 Å². The molecule has 3 aromatic rings. The zero-order valence-electron chi connectivity index (χ0n) is 16.4. The molecule has 0 spiro atoms. The predicted octanol–water partition coefficient (Wildman–Crippen LogP) is 4.25. The number of nitrogens with one attached hydrogen (secondary N) is 3. The molecule has 2 aromatic heterocycles. The van der Waals surface area contributed by atoms with Gasteiger partial charge >= 0.3 is 6.09 Å². The highest BCUT2D eigenvalue weighted by atomic mass is 79.9. The minimum Gasteiger partial charge on any atom is -0.465 e. The molecule has 2 aliphatic rings. The van der Waals surface area contributed by atoms with Crippen LogP contribution in [0, 0.1) is 6.92 Å². The topological polar surface area (TPSA) is 119 Å². The van der Waals surface area contributed by atoms with Crippen LogP contribution in [0.3, 0.4) is 0 Å². The number of halogens is 1. The molecule has 2 bridgehead atoms. The van der Waals surface area contributed by atoms with Crippen LogP contribution in [0.1, 0.15) is 31.4 Å². The maximum atomic E-state index is 11.5. The number of benzene rings is 1. The van der Waals surface area contributed by atoms with Crippen molar-refractivity contribution in [2.24, 2.45) is 0 Å². The molecule has 0 radical (unpaired) electrons. The monoisotopic (exact) mass is 471 g/mol. The van der Waals surface area contributed by atoms with Crippen molar-refractivity contribution < 1.29 is 9.90 Å². The van der Waals surface area contributed by atoms with Crippen LogP contribution in [-0.2, 0) is 0 Å². The van der Waals surface area contributed by atoms with Crippen LogP contribution >= 0.6 is 15.9 Å². The summed E-state index contributed by atoms with van der Waals surface area (Å²) < 4.78 is 0.939. The largest absolute Gasteiger partial charge is 0.465 e. The SMILES string of the molecule is Cc1cc(Nc2nc(NC3CC4CCC(C3)N4C(=O)O)nc3cc(Br)ccc23)n[nH]1. The molecule has 2 fully saturated rings. The van der Waals surface area contributed by atoms with Crippen LogP contribution in [0.4, 0.5) is 22.4 Å². The first-order chi connectivity index (χ1) is 14.5. The Morgan fingerprint density at radius 2 is 2.00 bits per heavy atom. The average molecular weight is 472 g/mol. The molecule has 1 amide bonds. The average Bonchev–Trinajstić information content (AvgIpc) is 3.22. The number of carboxylic acid groups (broad SMARTS) is 1. The molecule has 2 saturated heterocycles. The van der Waals surface area contributed by atoms with Gasteiger partial charge in [-0.15, -0.1) is 0 Å². The number of hydrogen-bond acceptors (Lipinski definition) is 6. The summed E-state index contributed by atoms with van der Waals surface area (Å²) in [6.45, 7) is 1.94. The van der Waals surface area contributed by atoms with E-state index in [0.717, 1.165) is 46.8 Å². The van der Waals surface area contributed by atoms with Gasteiger partial charge in [-0.2, -0.15) is 10.1 Å². The van der Waals surface area contributed by atoms with Gasteiger partial charge in [-0.3, -0.25) is 5.10 Å². The van der Waals surface area contributed by atoms with Crippen LogP contribution in [0.2, 0.25) is 0 Å². The third kappa shape index (κ3) is 3.55. The zero-order chi connectivity index (χ0) is 20.8. The van der Waals surface area contributed by atoms with Crippen LogP contribution < -0.4 is 10.6 Å². The lowest BCUT2D eigenvalue weighted by molar-refractivity contribution is 0.0993. The number of anilines is 3. The van der Waals surface area contributed by atoms with Gasteiger partial charge in [-0.25, -0.2) is 9.78 Å². The number of amides is 1. The Kier molecular flexibility index (Phi) is 4.73. The number of aryl methyl sites for hydroxylation is 1. The lowest BCUT2D eigenvalue weighted by Gasteiger charge is -2.37. The first-order valence-corrected chi connectivity index (χ1v) is 10.8. The van der Waals surface area contributed by atoms with E-state index in [4.69, 9.17) is 9.97 Å². The summed E-state index contributed by atoms with van der Waals surface area (Å²) in [6.07, 6.45) is 2.57. The van der Waals surface area contributed by atoms with Crippen molar-refractivity contribution in [2.75, 3.05) is 10.6 Å². The first-order valence-electron chi connectivity index (χ1n) is 10.0. The summed E-state index contributed by atoms with van der Waals surface area (Å²) in [6, 6.07) is 8.08. The molecule has 2 unspecified atom stereocenters. The highest BCUT2D eigenvalue weighted by Crippen LogP contribution is 2.37. The van der Waals surface area contributed by atoms with Gasteiger partial charge in [0.15, 0.2) is 5.82 Å². The molecule has 0 saturated carbocycles. The molecule has 1 aromatic carbocycles. The fourth-order valence-electron chi connectivity index (χ4n) is 4.66. The Balaban J connectivity index is 1.44. The number of hydrogen-bond donors (Lipinski definition) is 4. The maximum Gasteiger partial charge on any atom is 0.407 e. The maximum absolute atomic E-state index is 11.5. The van der Waals surface area contributed by atoms with Crippen molar-refractivity contribution >= 4 is 50.5 Å². The molecule has 2 aliphatic heterocycles. The van der Waals surface area contributed by atoms with E-state index in [1.54, 1.807) is 4.90 Å². The standard InChI is InChI=1S/C20H22BrN7O2/c1-10-6-17(27-26-10)24-18-15-5-2-11(21)7-16(15)23-19(25-18)22-12-8-13-3-4-14(9-12)28(13)20(29)30/h2,5-7,12-14H,3-4,8-9H2,1H3,(H,29,30)(H3,22,23,24,25,26,27). The van der Waals surface area contributed by atoms with Crippen molar-refractivity contribution in [1.82, 2.24) is 25.1 Å². The van der Waals surface area contributed by atoms with Gasteiger partial charge in [-0.05, 0) is 50.8 Å². The number of fused-ring (bicyclic) bond motifs is 3. The molecule has 4 N–H and O–H groups in total. The van der Waals surface area contributed by atoms with Gasteiger partial charge in [-0.1, -0.05) is 15.9 Å². The predicted molar refractivity (Wildman–Crippen MR) is 117 cm³/mol.